The maximum absolute atomic E-state index is 10.8. The average molecular weight is 219 g/mol. The fraction of sp³-hybridized carbons (Fsp3) is 0.500. The van der Waals surface area contributed by atoms with Gasteiger partial charge in [-0.15, -0.1) is 0 Å². The first-order chi connectivity index (χ1) is 7.79. The topological polar surface area (TPSA) is 45.2 Å². The Morgan fingerprint density at radius 3 is 2.88 bits per heavy atom. The maximum atomic E-state index is 10.8. The highest BCUT2D eigenvalue weighted by molar-refractivity contribution is 5.74. The molecule has 0 spiro atoms. The number of rotatable bonds is 3. The van der Waals surface area contributed by atoms with Crippen molar-refractivity contribution in [3.8, 4) is 0 Å². The van der Waals surface area contributed by atoms with Gasteiger partial charge < -0.3 is 5.32 Å². The largest absolute Gasteiger partial charge is 0.314 e. The molecule has 0 amide bonds. The van der Waals surface area contributed by atoms with Gasteiger partial charge in [0.15, 0.2) is 6.29 Å². The van der Waals surface area contributed by atoms with E-state index < -0.39 is 0 Å². The lowest BCUT2D eigenvalue weighted by Gasteiger charge is -2.26. The van der Waals surface area contributed by atoms with E-state index in [2.05, 4.69) is 15.2 Å². The molecule has 0 atom stereocenters. The fourth-order valence-electron chi connectivity index (χ4n) is 1.89. The molecule has 1 aliphatic rings. The molecule has 0 aromatic carbocycles. The van der Waals surface area contributed by atoms with Crippen LogP contribution < -0.4 is 5.32 Å². The number of nitrogens with one attached hydrogen (secondary N) is 1. The average Bonchev–Trinajstić information content (AvgIpc) is 2.33. The summed E-state index contributed by atoms with van der Waals surface area (Å²) in [5, 5.41) is 3.31. The summed E-state index contributed by atoms with van der Waals surface area (Å²) in [5.41, 5.74) is 2.49. The van der Waals surface area contributed by atoms with Crippen LogP contribution in [-0.4, -0.2) is 42.3 Å². The van der Waals surface area contributed by atoms with E-state index >= 15 is 0 Å². The Bertz CT molecular complexity index is 373. The lowest BCUT2D eigenvalue weighted by atomic mass is 10.2. The predicted molar refractivity (Wildman–Crippen MR) is 62.5 cm³/mol. The number of hydrogen-bond donors (Lipinski definition) is 1. The molecule has 2 rings (SSSR count). The van der Waals surface area contributed by atoms with Gasteiger partial charge in [-0.05, 0) is 18.6 Å². The second-order valence-electron chi connectivity index (χ2n) is 4.15. The summed E-state index contributed by atoms with van der Waals surface area (Å²) < 4.78 is 0. The summed E-state index contributed by atoms with van der Waals surface area (Å²) in [7, 11) is 0. The normalized spacial score (nSPS) is 17.3. The molecule has 1 aromatic heterocycles. The summed E-state index contributed by atoms with van der Waals surface area (Å²) in [6.45, 7) is 6.91. The summed E-state index contributed by atoms with van der Waals surface area (Å²) in [4.78, 5) is 17.5. The molecule has 0 aliphatic carbocycles. The third-order valence-electron chi connectivity index (χ3n) is 2.90. The monoisotopic (exact) mass is 219 g/mol. The number of aryl methyl sites for hydroxylation is 1. The molecule has 0 saturated carbocycles. The van der Waals surface area contributed by atoms with E-state index in [9.17, 15) is 4.79 Å². The first-order valence-electron chi connectivity index (χ1n) is 5.64. The molecule has 1 N–H and O–H groups in total. The molecule has 1 saturated heterocycles. The van der Waals surface area contributed by atoms with Gasteiger partial charge in [0.25, 0.3) is 0 Å². The molecule has 16 heavy (non-hydrogen) atoms. The number of piperazine rings is 1. The van der Waals surface area contributed by atoms with Crippen molar-refractivity contribution in [1.29, 1.82) is 0 Å². The summed E-state index contributed by atoms with van der Waals surface area (Å²) in [5.74, 6) is 0. The van der Waals surface area contributed by atoms with Crippen LogP contribution in [0.4, 0.5) is 0 Å². The molecule has 1 aliphatic heterocycles. The van der Waals surface area contributed by atoms with Crippen LogP contribution >= 0.6 is 0 Å². The van der Waals surface area contributed by atoms with E-state index in [4.69, 9.17) is 0 Å². The predicted octanol–water partition coefficient (Wildman–Crippen LogP) is 0.608. The molecule has 1 aromatic rings. The number of aldehydes is 1. The lowest BCUT2D eigenvalue weighted by Crippen LogP contribution is -2.43. The van der Waals surface area contributed by atoms with E-state index in [1.54, 1.807) is 0 Å². The minimum Gasteiger partial charge on any atom is -0.314 e. The van der Waals surface area contributed by atoms with Crippen molar-refractivity contribution < 1.29 is 4.79 Å². The maximum Gasteiger partial charge on any atom is 0.168 e. The van der Waals surface area contributed by atoms with Gasteiger partial charge in [0.2, 0.25) is 0 Å². The zero-order valence-electron chi connectivity index (χ0n) is 9.57. The summed E-state index contributed by atoms with van der Waals surface area (Å²) >= 11 is 0. The summed E-state index contributed by atoms with van der Waals surface area (Å²) in [6.07, 6.45) is 0.830. The van der Waals surface area contributed by atoms with Crippen LogP contribution in [0, 0.1) is 6.92 Å². The first-order valence-corrected chi connectivity index (χ1v) is 5.64. The van der Waals surface area contributed by atoms with Crippen LogP contribution in [0.1, 0.15) is 21.7 Å². The van der Waals surface area contributed by atoms with Crippen LogP contribution in [0.15, 0.2) is 12.1 Å². The van der Waals surface area contributed by atoms with Gasteiger partial charge in [0.05, 0.1) is 5.69 Å². The Hall–Kier alpha value is -1.26. The third kappa shape index (κ3) is 2.65. The van der Waals surface area contributed by atoms with Gasteiger partial charge in [0, 0.05) is 32.7 Å². The molecule has 0 bridgehead atoms. The Labute approximate surface area is 95.7 Å². The minimum atomic E-state index is 0.563. The number of aromatic nitrogens is 1. The van der Waals surface area contributed by atoms with Gasteiger partial charge in [0.1, 0.15) is 5.69 Å². The highest BCUT2D eigenvalue weighted by atomic mass is 16.1. The molecule has 4 heteroatoms. The Kier molecular flexibility index (Phi) is 3.64. The van der Waals surface area contributed by atoms with Gasteiger partial charge in [-0.25, -0.2) is 4.98 Å². The van der Waals surface area contributed by atoms with Crippen molar-refractivity contribution in [1.82, 2.24) is 15.2 Å². The molecule has 86 valence electrons. The van der Waals surface area contributed by atoms with Crippen LogP contribution in [0.3, 0.4) is 0 Å². The van der Waals surface area contributed by atoms with Crippen LogP contribution in [0.5, 0.6) is 0 Å². The lowest BCUT2D eigenvalue weighted by molar-refractivity contribution is 0.111. The van der Waals surface area contributed by atoms with Gasteiger partial charge in [-0.1, -0.05) is 6.07 Å². The minimum absolute atomic E-state index is 0.563. The SMILES string of the molecule is Cc1ccc(CN2CCNCC2)nc1C=O. The molecule has 0 unspecified atom stereocenters. The van der Waals surface area contributed by atoms with Crippen molar-refractivity contribution in [3.63, 3.8) is 0 Å². The van der Waals surface area contributed by atoms with E-state index in [0.717, 1.165) is 50.3 Å². The second kappa shape index (κ2) is 5.18. The number of carbonyl (C=O) groups is 1. The molecule has 0 radical (unpaired) electrons. The van der Waals surface area contributed by atoms with E-state index in [1.807, 2.05) is 19.1 Å². The third-order valence-corrected chi connectivity index (χ3v) is 2.90. The first kappa shape index (κ1) is 11.2. The van der Waals surface area contributed by atoms with Crippen molar-refractivity contribution >= 4 is 6.29 Å². The smallest absolute Gasteiger partial charge is 0.168 e. The second-order valence-corrected chi connectivity index (χ2v) is 4.15. The molecule has 2 heterocycles. The summed E-state index contributed by atoms with van der Waals surface area (Å²) in [6, 6.07) is 3.97. The van der Waals surface area contributed by atoms with E-state index in [-0.39, 0.29) is 0 Å². The number of pyridine rings is 1. The number of hydrogen-bond acceptors (Lipinski definition) is 4. The highest BCUT2D eigenvalue weighted by Crippen LogP contribution is 2.07. The quantitative estimate of drug-likeness (QED) is 0.756. The number of nitrogens with zero attached hydrogens (tertiary/aromatic N) is 2. The Morgan fingerprint density at radius 2 is 2.19 bits per heavy atom. The van der Waals surface area contributed by atoms with Crippen molar-refractivity contribution in [2.75, 3.05) is 26.2 Å². The zero-order chi connectivity index (χ0) is 11.4. The van der Waals surface area contributed by atoms with Gasteiger partial charge >= 0.3 is 0 Å². The zero-order valence-corrected chi connectivity index (χ0v) is 9.57. The molecule has 1 fully saturated rings. The molecule has 4 nitrogen and oxygen atoms in total. The van der Waals surface area contributed by atoms with Crippen LogP contribution in [-0.2, 0) is 6.54 Å². The highest BCUT2D eigenvalue weighted by Gasteiger charge is 2.11. The Balaban J connectivity index is 2.05. The van der Waals surface area contributed by atoms with E-state index in [1.165, 1.54) is 0 Å². The van der Waals surface area contributed by atoms with Crippen LogP contribution in [0.25, 0.3) is 0 Å². The Morgan fingerprint density at radius 1 is 1.44 bits per heavy atom. The van der Waals surface area contributed by atoms with Gasteiger partial charge in [-0.3, -0.25) is 9.69 Å². The number of carbonyl (C=O) groups excluding carboxylic acids is 1. The molecular formula is C12H17N3O. The van der Waals surface area contributed by atoms with E-state index in [0.29, 0.717) is 5.69 Å². The molecular weight excluding hydrogens is 202 g/mol. The van der Waals surface area contributed by atoms with Crippen molar-refractivity contribution in [2.24, 2.45) is 0 Å². The van der Waals surface area contributed by atoms with Crippen LogP contribution in [0.2, 0.25) is 0 Å². The van der Waals surface area contributed by atoms with Crippen molar-refractivity contribution in [2.45, 2.75) is 13.5 Å². The van der Waals surface area contributed by atoms with Gasteiger partial charge in [-0.2, -0.15) is 0 Å². The standard InChI is InChI=1S/C12H17N3O/c1-10-2-3-11(14-12(10)9-16)8-15-6-4-13-5-7-15/h2-3,9,13H,4-8H2,1H3. The fourth-order valence-corrected chi connectivity index (χ4v) is 1.89. The van der Waals surface area contributed by atoms with Crippen molar-refractivity contribution in [3.05, 3.63) is 29.1 Å².